The molecule has 19 aromatic rings. The Balaban J connectivity index is 0.000000135. The fraction of sp³-hybridized carbons (Fsp3) is 0. The Morgan fingerprint density at radius 1 is 0.111 bits per heavy atom. The topological polar surface area (TPSA) is 0 Å². The van der Waals surface area contributed by atoms with Crippen LogP contribution in [0.2, 0.25) is 0 Å². The second kappa shape index (κ2) is 21.0. The Labute approximate surface area is 521 Å². The lowest BCUT2D eigenvalue weighted by Gasteiger charge is -2.18. The Morgan fingerprint density at radius 3 is 1.00 bits per heavy atom. The quantitative estimate of drug-likeness (QED) is 0.151. The molecule has 0 aliphatic heterocycles. The predicted octanol–water partition coefficient (Wildman–Crippen LogP) is 25.5. The van der Waals surface area contributed by atoms with Gasteiger partial charge >= 0.3 is 0 Å². The summed E-state index contributed by atoms with van der Waals surface area (Å²) in [6, 6.07) is 125. The Kier molecular flexibility index (Phi) is 12.0. The monoisotopic (exact) mass is 1140 g/mol. The third-order valence-electron chi connectivity index (χ3n) is 19.2. The van der Waals surface area contributed by atoms with Crippen LogP contribution in [0.1, 0.15) is 0 Å². The molecule has 90 heavy (non-hydrogen) atoms. The van der Waals surface area contributed by atoms with E-state index in [1.165, 1.54) is 185 Å². The van der Waals surface area contributed by atoms with Gasteiger partial charge in [0.2, 0.25) is 0 Å². The van der Waals surface area contributed by atoms with Crippen molar-refractivity contribution in [2.45, 2.75) is 0 Å². The lowest BCUT2D eigenvalue weighted by Crippen LogP contribution is -1.90. The second-order valence-corrected chi connectivity index (χ2v) is 24.3. The highest BCUT2D eigenvalue weighted by atomic mass is 14.2. The van der Waals surface area contributed by atoms with Gasteiger partial charge in [0.1, 0.15) is 0 Å². The van der Waals surface area contributed by atoms with E-state index in [1.807, 2.05) is 0 Å². The van der Waals surface area contributed by atoms with Crippen molar-refractivity contribution < 1.29 is 0 Å². The van der Waals surface area contributed by atoms with Gasteiger partial charge in [0.15, 0.2) is 0 Å². The molecule has 0 heteroatoms. The minimum atomic E-state index is 1.22. The van der Waals surface area contributed by atoms with Crippen molar-refractivity contribution in [1.29, 1.82) is 0 Å². The standard InChI is InChI=1S/C48H30.C42H26/c1-2-9-35-27-37(18-15-31(35)7-1)38-23-25-43-41(29-38)20-19-40-28-36(22-24-42(40)43)32-13-16-34(17-14-32)47-30-39-10-4-6-12-45(39)48-44-11-5-3-8-33(44)21-26-46(47)48;1-3-12-30-23-32(19-17-27(30)9-1)39-25-34-26-40(33-20-18-28-10-2-4-13-31(28)24-33)42-35-14-6-5-11-29(35)21-22-38(42)41(34)37-16-8-7-15-36(37)39/h1-30H;1-26H. The number of hydrogen-bond acceptors (Lipinski definition) is 0. The van der Waals surface area contributed by atoms with Gasteiger partial charge in [-0.3, -0.25) is 0 Å². The van der Waals surface area contributed by atoms with E-state index in [0.29, 0.717) is 0 Å². The molecule has 0 saturated carbocycles. The number of benzene rings is 19. The smallest absolute Gasteiger partial charge is 0.00201 e. The van der Waals surface area contributed by atoms with Gasteiger partial charge in [-0.2, -0.15) is 0 Å². The SMILES string of the molecule is c1ccc2cc(-c3cc4cc(-c5ccc6ccccc6c5)c5c6ccccc6ccc5c4c4ccccc34)ccc2c1.c1ccc2cc(-c3ccc4c(ccc5cc(-c6ccc(-c7cc8ccccc8c8c7ccc7ccccc78)cc6)ccc54)c3)ccc2c1. The van der Waals surface area contributed by atoms with E-state index in [-0.39, 0.29) is 0 Å². The van der Waals surface area contributed by atoms with Crippen molar-refractivity contribution in [3.05, 3.63) is 340 Å². The zero-order valence-electron chi connectivity index (χ0n) is 49.3. The molecule has 0 aliphatic carbocycles. The molecule has 19 aromatic carbocycles. The van der Waals surface area contributed by atoms with Gasteiger partial charge in [-0.15, -0.1) is 0 Å². The number of hydrogen-bond donors (Lipinski definition) is 0. The maximum atomic E-state index is 2.44. The van der Waals surface area contributed by atoms with Crippen LogP contribution in [0.5, 0.6) is 0 Å². The average Bonchev–Trinajstić information content (AvgIpc) is 0.802. The van der Waals surface area contributed by atoms with Crippen molar-refractivity contribution in [3.63, 3.8) is 0 Å². The number of rotatable bonds is 5. The van der Waals surface area contributed by atoms with E-state index in [9.17, 15) is 0 Å². The van der Waals surface area contributed by atoms with Crippen LogP contribution >= 0.6 is 0 Å². The van der Waals surface area contributed by atoms with E-state index in [1.54, 1.807) is 0 Å². The van der Waals surface area contributed by atoms with Crippen molar-refractivity contribution >= 4 is 129 Å². The highest BCUT2D eigenvalue weighted by molar-refractivity contribution is 6.30. The van der Waals surface area contributed by atoms with Gasteiger partial charge in [0.05, 0.1) is 0 Å². The Bertz CT molecular complexity index is 6130. The van der Waals surface area contributed by atoms with Crippen molar-refractivity contribution in [3.8, 4) is 55.6 Å². The van der Waals surface area contributed by atoms with E-state index in [0.717, 1.165) is 0 Å². The summed E-state index contributed by atoms with van der Waals surface area (Å²) in [5, 5.41) is 30.8. The van der Waals surface area contributed by atoms with Gasteiger partial charge in [0, 0.05) is 0 Å². The normalized spacial score (nSPS) is 11.8. The summed E-state index contributed by atoms with van der Waals surface area (Å²) in [7, 11) is 0. The zero-order valence-corrected chi connectivity index (χ0v) is 49.3. The van der Waals surface area contributed by atoms with Crippen LogP contribution in [0.3, 0.4) is 0 Å². The third-order valence-corrected chi connectivity index (χ3v) is 19.2. The minimum Gasteiger partial charge on any atom is -0.0616 e. The molecule has 0 saturated heterocycles. The Hall–Kier alpha value is -11.7. The van der Waals surface area contributed by atoms with E-state index < -0.39 is 0 Å². The summed E-state index contributed by atoms with van der Waals surface area (Å²) < 4.78 is 0. The molecular weight excluding hydrogens is 1080 g/mol. The first-order valence-corrected chi connectivity index (χ1v) is 31.3. The molecule has 0 aromatic heterocycles. The van der Waals surface area contributed by atoms with Gasteiger partial charge in [-0.1, -0.05) is 291 Å². The molecule has 19 rings (SSSR count). The molecular formula is C90H56. The zero-order chi connectivity index (χ0) is 59.2. The lowest BCUT2D eigenvalue weighted by molar-refractivity contribution is 1.63. The summed E-state index contributed by atoms with van der Waals surface area (Å²) in [5.41, 5.74) is 12.5. The molecule has 0 aliphatic rings. The third kappa shape index (κ3) is 8.68. The van der Waals surface area contributed by atoms with Crippen LogP contribution in [0.4, 0.5) is 0 Å². The molecule has 0 amide bonds. The van der Waals surface area contributed by atoms with Crippen LogP contribution in [0.15, 0.2) is 340 Å². The fourth-order valence-corrected chi connectivity index (χ4v) is 14.7. The van der Waals surface area contributed by atoms with Crippen LogP contribution < -0.4 is 0 Å². The summed E-state index contributed by atoms with van der Waals surface area (Å²) in [5.74, 6) is 0. The maximum Gasteiger partial charge on any atom is -0.00201 e. The maximum absolute atomic E-state index is 2.44. The van der Waals surface area contributed by atoms with Crippen LogP contribution in [0, 0.1) is 0 Å². The van der Waals surface area contributed by atoms with Gasteiger partial charge in [0.25, 0.3) is 0 Å². The molecule has 416 valence electrons. The van der Waals surface area contributed by atoms with E-state index in [4.69, 9.17) is 0 Å². The first-order chi connectivity index (χ1) is 44.6. The first-order valence-electron chi connectivity index (χ1n) is 31.3. The van der Waals surface area contributed by atoms with Crippen LogP contribution in [-0.2, 0) is 0 Å². The molecule has 0 spiro atoms. The van der Waals surface area contributed by atoms with Crippen LogP contribution in [-0.4, -0.2) is 0 Å². The Morgan fingerprint density at radius 2 is 0.422 bits per heavy atom. The molecule has 0 N–H and O–H groups in total. The van der Waals surface area contributed by atoms with Crippen molar-refractivity contribution in [2.75, 3.05) is 0 Å². The predicted molar refractivity (Wildman–Crippen MR) is 390 cm³/mol. The fourth-order valence-electron chi connectivity index (χ4n) is 14.7. The summed E-state index contributed by atoms with van der Waals surface area (Å²) in [4.78, 5) is 0. The molecule has 0 radical (unpaired) electrons. The largest absolute Gasteiger partial charge is 0.0616 e. The molecule has 0 heterocycles. The van der Waals surface area contributed by atoms with E-state index >= 15 is 0 Å². The average molecular weight is 1140 g/mol. The highest BCUT2D eigenvalue weighted by Crippen LogP contribution is 2.46. The summed E-state index contributed by atoms with van der Waals surface area (Å²) in [6.07, 6.45) is 0. The second-order valence-electron chi connectivity index (χ2n) is 24.3. The van der Waals surface area contributed by atoms with Crippen LogP contribution in [0.25, 0.3) is 185 Å². The molecule has 0 bridgehead atoms. The lowest BCUT2D eigenvalue weighted by atomic mass is 9.85. The van der Waals surface area contributed by atoms with Gasteiger partial charge in [-0.05, 0) is 233 Å². The molecule has 0 nitrogen and oxygen atoms in total. The van der Waals surface area contributed by atoms with Gasteiger partial charge < -0.3 is 0 Å². The summed E-state index contributed by atoms with van der Waals surface area (Å²) in [6.45, 7) is 0. The first kappa shape index (κ1) is 51.5. The van der Waals surface area contributed by atoms with Crippen molar-refractivity contribution in [1.82, 2.24) is 0 Å². The highest BCUT2D eigenvalue weighted by Gasteiger charge is 2.18. The van der Waals surface area contributed by atoms with Gasteiger partial charge in [-0.25, -0.2) is 0 Å². The summed E-state index contributed by atoms with van der Waals surface area (Å²) >= 11 is 0. The van der Waals surface area contributed by atoms with Crippen molar-refractivity contribution in [2.24, 2.45) is 0 Å². The van der Waals surface area contributed by atoms with E-state index in [2.05, 4.69) is 340 Å². The molecule has 0 atom stereocenters. The molecule has 0 fully saturated rings. The minimum absolute atomic E-state index is 1.22. The molecule has 0 unspecified atom stereocenters. The number of fused-ring (bicyclic) bond motifs is 18.